The molecule has 0 bridgehead atoms. The fourth-order valence-corrected chi connectivity index (χ4v) is 0.414. The zero-order valence-electron chi connectivity index (χ0n) is 4.85. The van der Waals surface area contributed by atoms with Crippen molar-refractivity contribution in [2.75, 3.05) is 0 Å². The van der Waals surface area contributed by atoms with Crippen LogP contribution in [0.4, 0.5) is 0 Å². The smallest absolute Gasteiger partial charge is 0.311 e. The van der Waals surface area contributed by atoms with Gasteiger partial charge in [0.2, 0.25) is 0 Å². The SMILES string of the molecule is CCCC(O)N[C]=O. The zero-order valence-corrected chi connectivity index (χ0v) is 4.85. The monoisotopic (exact) mass is 116 g/mol. The van der Waals surface area contributed by atoms with Crippen LogP contribution in [0.15, 0.2) is 0 Å². The maximum atomic E-state index is 9.49. The lowest BCUT2D eigenvalue weighted by Crippen LogP contribution is -2.26. The number of rotatable bonds is 4. The minimum atomic E-state index is -0.711. The van der Waals surface area contributed by atoms with Crippen molar-refractivity contribution in [3.63, 3.8) is 0 Å². The molecule has 2 N–H and O–H groups in total. The first kappa shape index (κ1) is 7.43. The lowest BCUT2D eigenvalue weighted by Gasteiger charge is -2.03. The summed E-state index contributed by atoms with van der Waals surface area (Å²) < 4.78 is 0. The third-order valence-corrected chi connectivity index (χ3v) is 0.788. The summed E-state index contributed by atoms with van der Waals surface area (Å²) in [4.78, 5) is 9.49. The van der Waals surface area contributed by atoms with Gasteiger partial charge in [0.05, 0.1) is 0 Å². The second-order valence-electron chi connectivity index (χ2n) is 1.55. The van der Waals surface area contributed by atoms with Gasteiger partial charge in [-0.15, -0.1) is 0 Å². The molecule has 0 aliphatic heterocycles. The molecule has 0 spiro atoms. The predicted octanol–water partition coefficient (Wildman–Crippen LogP) is -0.238. The van der Waals surface area contributed by atoms with Gasteiger partial charge in [-0.05, 0) is 6.42 Å². The summed E-state index contributed by atoms with van der Waals surface area (Å²) >= 11 is 0. The van der Waals surface area contributed by atoms with Gasteiger partial charge in [-0.1, -0.05) is 13.3 Å². The maximum Gasteiger partial charge on any atom is 0.311 e. The predicted molar refractivity (Wildman–Crippen MR) is 29.7 cm³/mol. The normalized spacial score (nSPS) is 12.8. The molecule has 3 heteroatoms. The summed E-state index contributed by atoms with van der Waals surface area (Å²) in [6.07, 6.45) is 2.14. The first-order valence-electron chi connectivity index (χ1n) is 2.62. The summed E-state index contributed by atoms with van der Waals surface area (Å²) in [6, 6.07) is 0. The van der Waals surface area contributed by atoms with Gasteiger partial charge in [0.1, 0.15) is 6.23 Å². The first-order chi connectivity index (χ1) is 3.81. The van der Waals surface area contributed by atoms with Crippen LogP contribution < -0.4 is 5.32 Å². The Morgan fingerprint density at radius 3 is 2.88 bits per heavy atom. The van der Waals surface area contributed by atoms with E-state index in [4.69, 9.17) is 5.11 Å². The Morgan fingerprint density at radius 2 is 2.50 bits per heavy atom. The molecule has 47 valence electrons. The van der Waals surface area contributed by atoms with E-state index in [9.17, 15) is 4.79 Å². The fourth-order valence-electron chi connectivity index (χ4n) is 0.414. The van der Waals surface area contributed by atoms with E-state index in [-0.39, 0.29) is 0 Å². The van der Waals surface area contributed by atoms with Gasteiger partial charge in [-0.25, -0.2) is 0 Å². The van der Waals surface area contributed by atoms with Crippen molar-refractivity contribution in [2.45, 2.75) is 26.0 Å². The quantitative estimate of drug-likeness (QED) is 0.393. The fraction of sp³-hybridized carbons (Fsp3) is 0.800. The summed E-state index contributed by atoms with van der Waals surface area (Å²) in [6.45, 7) is 1.93. The van der Waals surface area contributed by atoms with Crippen LogP contribution in [-0.4, -0.2) is 17.7 Å². The van der Waals surface area contributed by atoms with Gasteiger partial charge in [-0.3, -0.25) is 4.79 Å². The van der Waals surface area contributed by atoms with Gasteiger partial charge >= 0.3 is 6.41 Å². The Labute approximate surface area is 48.7 Å². The van der Waals surface area contributed by atoms with E-state index in [0.717, 1.165) is 6.42 Å². The van der Waals surface area contributed by atoms with Crippen LogP contribution in [0.2, 0.25) is 0 Å². The lowest BCUT2D eigenvalue weighted by atomic mass is 10.3. The molecular weight excluding hydrogens is 106 g/mol. The molecule has 0 saturated heterocycles. The van der Waals surface area contributed by atoms with Crippen LogP contribution in [0.5, 0.6) is 0 Å². The highest BCUT2D eigenvalue weighted by Gasteiger charge is 1.96. The largest absolute Gasteiger partial charge is 0.374 e. The van der Waals surface area contributed by atoms with Crippen molar-refractivity contribution in [2.24, 2.45) is 0 Å². The van der Waals surface area contributed by atoms with E-state index in [2.05, 4.69) is 5.32 Å². The van der Waals surface area contributed by atoms with Crippen LogP contribution in [0.25, 0.3) is 0 Å². The Hall–Kier alpha value is -0.570. The van der Waals surface area contributed by atoms with Crippen LogP contribution in [0.1, 0.15) is 19.8 Å². The molecule has 0 aromatic heterocycles. The van der Waals surface area contributed by atoms with Crippen molar-refractivity contribution >= 4 is 6.41 Å². The first-order valence-corrected chi connectivity index (χ1v) is 2.62. The Bertz CT molecular complexity index is 65.4. The van der Waals surface area contributed by atoms with Crippen molar-refractivity contribution in [3.8, 4) is 0 Å². The summed E-state index contributed by atoms with van der Waals surface area (Å²) in [5.41, 5.74) is 0. The van der Waals surface area contributed by atoms with Gasteiger partial charge < -0.3 is 10.4 Å². The molecule has 1 amide bonds. The number of carbonyl (C=O) groups excluding carboxylic acids is 1. The molecule has 0 aromatic carbocycles. The molecule has 0 saturated carbocycles. The van der Waals surface area contributed by atoms with E-state index in [1.54, 1.807) is 0 Å². The van der Waals surface area contributed by atoms with Crippen LogP contribution in [-0.2, 0) is 4.79 Å². The van der Waals surface area contributed by atoms with Gasteiger partial charge in [0.25, 0.3) is 0 Å². The van der Waals surface area contributed by atoms with Crippen molar-refractivity contribution < 1.29 is 9.90 Å². The van der Waals surface area contributed by atoms with Gasteiger partial charge in [0, 0.05) is 0 Å². The Morgan fingerprint density at radius 1 is 1.88 bits per heavy atom. The van der Waals surface area contributed by atoms with E-state index >= 15 is 0 Å². The molecule has 0 aliphatic carbocycles. The maximum absolute atomic E-state index is 9.49. The lowest BCUT2D eigenvalue weighted by molar-refractivity contribution is 0.148. The Kier molecular flexibility index (Phi) is 4.26. The molecule has 0 aliphatic rings. The number of aliphatic hydroxyl groups is 1. The van der Waals surface area contributed by atoms with E-state index < -0.39 is 6.23 Å². The third kappa shape index (κ3) is 3.61. The topological polar surface area (TPSA) is 49.3 Å². The number of hydrogen-bond acceptors (Lipinski definition) is 2. The molecule has 0 fully saturated rings. The highest BCUT2D eigenvalue weighted by atomic mass is 16.3. The minimum Gasteiger partial charge on any atom is -0.374 e. The summed E-state index contributed by atoms with van der Waals surface area (Å²) in [7, 11) is 0. The molecule has 8 heavy (non-hydrogen) atoms. The molecule has 1 radical (unpaired) electrons. The van der Waals surface area contributed by atoms with Gasteiger partial charge in [0.15, 0.2) is 0 Å². The molecule has 0 aromatic rings. The van der Waals surface area contributed by atoms with Crippen LogP contribution in [0, 0.1) is 0 Å². The molecular formula is C5H10NO2. The van der Waals surface area contributed by atoms with Crippen LogP contribution in [0.3, 0.4) is 0 Å². The highest BCUT2D eigenvalue weighted by Crippen LogP contribution is 1.88. The van der Waals surface area contributed by atoms with Crippen molar-refractivity contribution in [3.05, 3.63) is 0 Å². The third-order valence-electron chi connectivity index (χ3n) is 0.788. The zero-order chi connectivity index (χ0) is 6.41. The molecule has 0 rings (SSSR count). The van der Waals surface area contributed by atoms with Crippen molar-refractivity contribution in [1.29, 1.82) is 0 Å². The standard InChI is InChI=1S/C5H10NO2/c1-2-3-5(8)6-4-7/h5,8H,2-3H2,1H3,(H,6,7). The summed E-state index contributed by atoms with van der Waals surface area (Å²) in [5, 5.41) is 10.8. The average molecular weight is 116 g/mol. The number of amides is 1. The molecule has 1 unspecified atom stereocenters. The highest BCUT2D eigenvalue weighted by molar-refractivity contribution is 5.47. The van der Waals surface area contributed by atoms with E-state index in [1.807, 2.05) is 6.92 Å². The number of hydrogen-bond donors (Lipinski definition) is 2. The second-order valence-corrected chi connectivity index (χ2v) is 1.55. The number of nitrogens with one attached hydrogen (secondary N) is 1. The second kappa shape index (κ2) is 4.59. The van der Waals surface area contributed by atoms with Crippen molar-refractivity contribution in [1.82, 2.24) is 5.32 Å². The average Bonchev–Trinajstić information content (AvgIpc) is 1.68. The summed E-state index contributed by atoms with van der Waals surface area (Å²) in [5.74, 6) is 0. The number of aliphatic hydroxyl groups excluding tert-OH is 1. The van der Waals surface area contributed by atoms with E-state index in [1.165, 1.54) is 6.41 Å². The molecule has 0 heterocycles. The molecule has 1 atom stereocenters. The van der Waals surface area contributed by atoms with Crippen LogP contribution >= 0.6 is 0 Å². The Balaban J connectivity index is 3.03. The van der Waals surface area contributed by atoms with Gasteiger partial charge in [-0.2, -0.15) is 0 Å². The minimum absolute atomic E-state index is 0.592. The van der Waals surface area contributed by atoms with E-state index in [0.29, 0.717) is 6.42 Å². The molecule has 3 nitrogen and oxygen atoms in total.